The predicted molar refractivity (Wildman–Crippen MR) is 107 cm³/mol. The van der Waals surface area contributed by atoms with Crippen LogP contribution in [0.25, 0.3) is 0 Å². The van der Waals surface area contributed by atoms with E-state index in [1.807, 2.05) is 47.4 Å². The van der Waals surface area contributed by atoms with Crippen LogP contribution >= 0.6 is 0 Å². The van der Waals surface area contributed by atoms with Gasteiger partial charge in [-0.05, 0) is 36.6 Å². The number of aromatic nitrogens is 1. The Hall–Kier alpha value is -2.69. The Kier molecular flexibility index (Phi) is 5.42. The van der Waals surface area contributed by atoms with Gasteiger partial charge in [-0.2, -0.15) is 0 Å². The average molecular weight is 377 g/mol. The number of hydrogen-bond donors (Lipinski definition) is 1. The third kappa shape index (κ3) is 3.79. The molecule has 1 saturated carbocycles. The Bertz CT molecular complexity index is 816. The van der Waals surface area contributed by atoms with Gasteiger partial charge in [0.2, 0.25) is 5.91 Å². The summed E-state index contributed by atoms with van der Waals surface area (Å²) in [7, 11) is 0. The molecule has 146 valence electrons. The minimum atomic E-state index is -0.142. The summed E-state index contributed by atoms with van der Waals surface area (Å²) < 4.78 is 0. The van der Waals surface area contributed by atoms with Gasteiger partial charge in [0, 0.05) is 43.0 Å². The maximum atomic E-state index is 13.1. The molecule has 0 radical (unpaired) electrons. The number of benzene rings is 1. The van der Waals surface area contributed by atoms with E-state index in [0.717, 1.165) is 31.2 Å². The lowest BCUT2D eigenvalue weighted by Gasteiger charge is -2.37. The maximum Gasteiger partial charge on any atom is 0.253 e. The minimum absolute atomic E-state index is 0.0353. The van der Waals surface area contributed by atoms with Gasteiger partial charge in [0.25, 0.3) is 5.91 Å². The maximum absolute atomic E-state index is 13.1. The SMILES string of the molecule is O=C(NCc1cccnc1)[C@@H]1CN(C(=O)c2ccccc2)CC12CCCCC2. The molecule has 1 aromatic carbocycles. The summed E-state index contributed by atoms with van der Waals surface area (Å²) >= 11 is 0. The molecule has 4 rings (SSSR count). The monoisotopic (exact) mass is 377 g/mol. The van der Waals surface area contributed by atoms with Crippen molar-refractivity contribution >= 4 is 11.8 Å². The lowest BCUT2D eigenvalue weighted by molar-refractivity contribution is -0.128. The summed E-state index contributed by atoms with van der Waals surface area (Å²) in [4.78, 5) is 32.1. The molecular formula is C23H27N3O2. The molecular weight excluding hydrogens is 350 g/mol. The van der Waals surface area contributed by atoms with Crippen molar-refractivity contribution in [1.82, 2.24) is 15.2 Å². The fourth-order valence-electron chi connectivity index (χ4n) is 4.83. The number of hydrogen-bond acceptors (Lipinski definition) is 3. The lowest BCUT2D eigenvalue weighted by atomic mass is 9.67. The number of nitrogens with one attached hydrogen (secondary N) is 1. The normalized spacial score (nSPS) is 20.9. The van der Waals surface area contributed by atoms with Crippen molar-refractivity contribution in [2.75, 3.05) is 13.1 Å². The molecule has 1 aliphatic carbocycles. The van der Waals surface area contributed by atoms with Crippen LogP contribution in [0.3, 0.4) is 0 Å². The Morgan fingerprint density at radius 2 is 1.86 bits per heavy atom. The van der Waals surface area contributed by atoms with Gasteiger partial charge in [0.05, 0.1) is 5.92 Å². The Balaban J connectivity index is 1.50. The molecule has 1 saturated heterocycles. The highest BCUT2D eigenvalue weighted by molar-refractivity contribution is 5.95. The first-order chi connectivity index (χ1) is 13.7. The smallest absolute Gasteiger partial charge is 0.253 e. The van der Waals surface area contributed by atoms with Crippen LogP contribution in [0.15, 0.2) is 54.9 Å². The van der Waals surface area contributed by atoms with E-state index in [9.17, 15) is 9.59 Å². The minimum Gasteiger partial charge on any atom is -0.352 e. The highest BCUT2D eigenvalue weighted by Crippen LogP contribution is 2.48. The van der Waals surface area contributed by atoms with Crippen molar-refractivity contribution in [3.05, 3.63) is 66.0 Å². The quantitative estimate of drug-likeness (QED) is 0.888. The Morgan fingerprint density at radius 3 is 2.57 bits per heavy atom. The highest BCUT2D eigenvalue weighted by Gasteiger charge is 2.51. The largest absolute Gasteiger partial charge is 0.352 e. The van der Waals surface area contributed by atoms with Crippen LogP contribution in [0, 0.1) is 11.3 Å². The zero-order chi connectivity index (χ0) is 19.4. The van der Waals surface area contributed by atoms with Gasteiger partial charge in [-0.3, -0.25) is 14.6 Å². The van der Waals surface area contributed by atoms with Gasteiger partial charge in [-0.1, -0.05) is 43.5 Å². The summed E-state index contributed by atoms with van der Waals surface area (Å²) in [6, 6.07) is 13.2. The summed E-state index contributed by atoms with van der Waals surface area (Å²) in [5.41, 5.74) is 1.61. The highest BCUT2D eigenvalue weighted by atomic mass is 16.2. The molecule has 5 nitrogen and oxygen atoms in total. The fourth-order valence-corrected chi connectivity index (χ4v) is 4.83. The van der Waals surface area contributed by atoms with E-state index in [2.05, 4.69) is 10.3 Å². The molecule has 1 N–H and O–H groups in total. The first-order valence-electron chi connectivity index (χ1n) is 10.2. The summed E-state index contributed by atoms with van der Waals surface area (Å²) in [5, 5.41) is 3.09. The molecule has 2 aliphatic rings. The second-order valence-corrected chi connectivity index (χ2v) is 8.11. The molecule has 2 fully saturated rings. The van der Waals surface area contributed by atoms with E-state index in [4.69, 9.17) is 0 Å². The van der Waals surface area contributed by atoms with Gasteiger partial charge in [-0.15, -0.1) is 0 Å². The predicted octanol–water partition coefficient (Wildman–Crippen LogP) is 3.42. The molecule has 0 unspecified atom stereocenters. The van der Waals surface area contributed by atoms with Crippen LogP contribution in [0.4, 0.5) is 0 Å². The molecule has 2 amide bonds. The molecule has 28 heavy (non-hydrogen) atoms. The van der Waals surface area contributed by atoms with Gasteiger partial charge in [0.1, 0.15) is 0 Å². The molecule has 0 bridgehead atoms. The molecule has 1 aliphatic heterocycles. The molecule has 2 aromatic rings. The zero-order valence-corrected chi connectivity index (χ0v) is 16.1. The van der Waals surface area contributed by atoms with E-state index in [0.29, 0.717) is 25.2 Å². The van der Waals surface area contributed by atoms with Gasteiger partial charge in [0.15, 0.2) is 0 Å². The molecule has 1 spiro atoms. The van der Waals surface area contributed by atoms with E-state index >= 15 is 0 Å². The van der Waals surface area contributed by atoms with Gasteiger partial charge >= 0.3 is 0 Å². The Labute approximate surface area is 166 Å². The third-order valence-electron chi connectivity index (χ3n) is 6.31. The molecule has 5 heteroatoms. The number of carbonyl (C=O) groups excluding carboxylic acids is 2. The van der Waals surface area contributed by atoms with Gasteiger partial charge < -0.3 is 10.2 Å². The van der Waals surface area contributed by atoms with Crippen LogP contribution in [0.2, 0.25) is 0 Å². The van der Waals surface area contributed by atoms with Crippen LogP contribution < -0.4 is 5.32 Å². The van der Waals surface area contributed by atoms with Crippen molar-refractivity contribution < 1.29 is 9.59 Å². The topological polar surface area (TPSA) is 62.3 Å². The summed E-state index contributed by atoms with van der Waals surface area (Å²) in [5.74, 6) is -0.0423. The van der Waals surface area contributed by atoms with Crippen LogP contribution in [-0.4, -0.2) is 34.8 Å². The van der Waals surface area contributed by atoms with E-state index < -0.39 is 0 Å². The second kappa shape index (κ2) is 8.13. The van der Waals surface area contributed by atoms with Crippen LogP contribution in [0.1, 0.15) is 48.0 Å². The average Bonchev–Trinajstić information content (AvgIpc) is 3.12. The standard InChI is InChI=1S/C23H27N3O2/c27-21(25-15-18-8-7-13-24-14-18)20-16-26(17-23(20)11-5-2-6-12-23)22(28)19-9-3-1-4-10-19/h1,3-4,7-10,13-14,20H,2,5-6,11-12,15-17H2,(H,25,27)/t20-/m0/s1. The van der Waals surface area contributed by atoms with Crippen molar-refractivity contribution in [2.24, 2.45) is 11.3 Å². The number of amides is 2. The zero-order valence-electron chi connectivity index (χ0n) is 16.1. The number of nitrogens with zero attached hydrogens (tertiary/aromatic N) is 2. The van der Waals surface area contributed by atoms with E-state index in [1.165, 1.54) is 6.42 Å². The van der Waals surface area contributed by atoms with Crippen LogP contribution in [0.5, 0.6) is 0 Å². The van der Waals surface area contributed by atoms with Gasteiger partial charge in [-0.25, -0.2) is 0 Å². The molecule has 1 aromatic heterocycles. The first kappa shape index (κ1) is 18.7. The number of pyridine rings is 1. The fraction of sp³-hybridized carbons (Fsp3) is 0.435. The van der Waals surface area contributed by atoms with Crippen molar-refractivity contribution in [1.29, 1.82) is 0 Å². The van der Waals surface area contributed by atoms with Crippen molar-refractivity contribution in [3.63, 3.8) is 0 Å². The lowest BCUT2D eigenvalue weighted by Crippen LogP contribution is -2.42. The molecule has 2 heterocycles. The van der Waals surface area contributed by atoms with Crippen molar-refractivity contribution in [3.8, 4) is 0 Å². The second-order valence-electron chi connectivity index (χ2n) is 8.11. The number of carbonyl (C=O) groups is 2. The third-order valence-corrected chi connectivity index (χ3v) is 6.31. The summed E-state index contributed by atoms with van der Waals surface area (Å²) in [6.45, 7) is 1.67. The van der Waals surface area contributed by atoms with Crippen LogP contribution in [-0.2, 0) is 11.3 Å². The number of rotatable bonds is 4. The Morgan fingerprint density at radius 1 is 1.07 bits per heavy atom. The molecule has 1 atom stereocenters. The first-order valence-corrected chi connectivity index (χ1v) is 10.2. The number of likely N-dealkylation sites (tertiary alicyclic amines) is 1. The van der Waals surface area contributed by atoms with Crippen molar-refractivity contribution in [2.45, 2.75) is 38.6 Å². The van der Waals surface area contributed by atoms with E-state index in [-0.39, 0.29) is 23.1 Å². The summed E-state index contributed by atoms with van der Waals surface area (Å²) in [6.07, 6.45) is 9.05. The van der Waals surface area contributed by atoms with E-state index in [1.54, 1.807) is 12.4 Å².